The van der Waals surface area contributed by atoms with E-state index in [2.05, 4.69) is 4.98 Å². The second kappa shape index (κ2) is 4.94. The lowest BCUT2D eigenvalue weighted by molar-refractivity contribution is 0.218. The van der Waals surface area contributed by atoms with Crippen molar-refractivity contribution in [3.8, 4) is 0 Å². The minimum absolute atomic E-state index is 0.463. The number of pyridine rings is 1. The van der Waals surface area contributed by atoms with Crippen molar-refractivity contribution in [2.24, 2.45) is 0 Å². The topological polar surface area (TPSA) is 65.2 Å². The van der Waals surface area contributed by atoms with Gasteiger partial charge in [-0.15, -0.1) is 0 Å². The number of rotatable bonds is 4. The molecule has 5 heteroatoms. The molecule has 1 atom stereocenters. The highest BCUT2D eigenvalue weighted by Crippen LogP contribution is 2.13. The normalized spacial score (nSPS) is 12.7. The maximum absolute atomic E-state index is 11.5. The van der Waals surface area contributed by atoms with E-state index in [1.54, 1.807) is 19.4 Å². The smallest absolute Gasteiger partial charge is 0.0664 e. The van der Waals surface area contributed by atoms with Crippen molar-refractivity contribution in [1.29, 1.82) is 0 Å². The summed E-state index contributed by atoms with van der Waals surface area (Å²) in [5.74, 6) is 0.463. The van der Waals surface area contributed by atoms with E-state index in [1.807, 2.05) is 0 Å². The summed E-state index contributed by atoms with van der Waals surface area (Å²) >= 11 is 0. The van der Waals surface area contributed by atoms with Crippen LogP contribution in [0, 0.1) is 0 Å². The van der Waals surface area contributed by atoms with Crippen LogP contribution in [0.2, 0.25) is 0 Å². The van der Waals surface area contributed by atoms with Crippen LogP contribution in [0.5, 0.6) is 0 Å². The average Bonchev–Trinajstić information content (AvgIpc) is 2.15. The molecule has 4 nitrogen and oxygen atoms in total. The van der Waals surface area contributed by atoms with Crippen LogP contribution in [0.15, 0.2) is 23.4 Å². The Labute approximate surface area is 79.6 Å². The van der Waals surface area contributed by atoms with Crippen LogP contribution in [0.4, 0.5) is 5.69 Å². The molecule has 0 aliphatic heterocycles. The fourth-order valence-corrected chi connectivity index (χ4v) is 1.94. The number of nitrogens with two attached hydrogens (primary N) is 1. The number of methoxy groups -OCH3 is 1. The van der Waals surface area contributed by atoms with Crippen molar-refractivity contribution < 1.29 is 8.95 Å². The summed E-state index contributed by atoms with van der Waals surface area (Å²) in [5.41, 5.74) is 6.07. The maximum Gasteiger partial charge on any atom is 0.0664 e. The molecule has 1 heterocycles. The molecule has 1 unspecified atom stereocenters. The zero-order chi connectivity index (χ0) is 9.68. The number of anilines is 1. The molecule has 1 aromatic heterocycles. The standard InChI is InChI=1S/C8H12N2O2S/c1-12-4-5-13(11)8-2-3-10-6-7(8)9/h2-3,6H,4-5,9H2,1H3. The SMILES string of the molecule is COCCS(=O)c1ccncc1N. The Morgan fingerprint density at radius 2 is 2.46 bits per heavy atom. The van der Waals surface area contributed by atoms with Gasteiger partial charge in [0.05, 0.1) is 39.9 Å². The second-order valence-electron chi connectivity index (χ2n) is 2.46. The first-order chi connectivity index (χ1) is 6.25. The van der Waals surface area contributed by atoms with Gasteiger partial charge in [-0.25, -0.2) is 0 Å². The van der Waals surface area contributed by atoms with Crippen LogP contribution >= 0.6 is 0 Å². The summed E-state index contributed by atoms with van der Waals surface area (Å²) in [7, 11) is 0.492. The summed E-state index contributed by atoms with van der Waals surface area (Å²) in [5, 5.41) is 0. The Kier molecular flexibility index (Phi) is 3.85. The lowest BCUT2D eigenvalue weighted by Crippen LogP contribution is -2.06. The zero-order valence-electron chi connectivity index (χ0n) is 7.40. The fraction of sp³-hybridized carbons (Fsp3) is 0.375. The quantitative estimate of drug-likeness (QED) is 0.765. The van der Waals surface area contributed by atoms with E-state index in [1.165, 1.54) is 6.20 Å². The van der Waals surface area contributed by atoms with E-state index in [4.69, 9.17) is 10.5 Å². The van der Waals surface area contributed by atoms with Gasteiger partial charge in [-0.3, -0.25) is 9.19 Å². The van der Waals surface area contributed by atoms with Crippen LogP contribution in [-0.2, 0) is 15.5 Å². The van der Waals surface area contributed by atoms with Gasteiger partial charge in [0.15, 0.2) is 0 Å². The second-order valence-corrected chi connectivity index (χ2v) is 4.00. The molecule has 0 spiro atoms. The van der Waals surface area contributed by atoms with Crippen LogP contribution in [0.3, 0.4) is 0 Å². The van der Waals surface area contributed by atoms with Gasteiger partial charge in [-0.2, -0.15) is 0 Å². The molecule has 0 fully saturated rings. The zero-order valence-corrected chi connectivity index (χ0v) is 8.21. The summed E-state index contributed by atoms with van der Waals surface area (Å²) in [6.07, 6.45) is 3.08. The van der Waals surface area contributed by atoms with Gasteiger partial charge in [0.2, 0.25) is 0 Å². The number of aromatic nitrogens is 1. The van der Waals surface area contributed by atoms with E-state index >= 15 is 0 Å². The van der Waals surface area contributed by atoms with E-state index < -0.39 is 10.8 Å². The number of nitrogen functional groups attached to an aromatic ring is 1. The van der Waals surface area contributed by atoms with Gasteiger partial charge >= 0.3 is 0 Å². The fourth-order valence-electron chi connectivity index (χ4n) is 0.870. The first kappa shape index (κ1) is 10.1. The molecule has 0 saturated carbocycles. The molecular formula is C8H12N2O2S. The van der Waals surface area contributed by atoms with E-state index in [0.29, 0.717) is 22.9 Å². The van der Waals surface area contributed by atoms with Crippen LogP contribution < -0.4 is 5.73 Å². The molecule has 0 amide bonds. The number of ether oxygens (including phenoxy) is 1. The molecular weight excluding hydrogens is 188 g/mol. The van der Waals surface area contributed by atoms with E-state index in [-0.39, 0.29) is 0 Å². The lowest BCUT2D eigenvalue weighted by atomic mass is 10.4. The first-order valence-corrected chi connectivity index (χ1v) is 5.14. The van der Waals surface area contributed by atoms with Crippen molar-refractivity contribution in [2.45, 2.75) is 4.90 Å². The molecule has 1 aromatic rings. The number of hydrogen-bond donors (Lipinski definition) is 1. The molecule has 1 rings (SSSR count). The van der Waals surface area contributed by atoms with Crippen molar-refractivity contribution in [1.82, 2.24) is 4.98 Å². The van der Waals surface area contributed by atoms with Gasteiger partial charge < -0.3 is 10.5 Å². The molecule has 0 aromatic carbocycles. The third kappa shape index (κ3) is 2.78. The molecule has 72 valence electrons. The molecule has 0 aliphatic rings. The molecule has 0 bridgehead atoms. The van der Waals surface area contributed by atoms with Gasteiger partial charge in [-0.1, -0.05) is 0 Å². The Morgan fingerprint density at radius 1 is 1.69 bits per heavy atom. The molecule has 0 radical (unpaired) electrons. The van der Waals surface area contributed by atoms with Gasteiger partial charge in [-0.05, 0) is 6.07 Å². The highest BCUT2D eigenvalue weighted by atomic mass is 32.2. The minimum atomic E-state index is -1.08. The summed E-state index contributed by atoms with van der Waals surface area (Å²) in [6, 6.07) is 1.67. The van der Waals surface area contributed by atoms with E-state index in [0.717, 1.165) is 0 Å². The maximum atomic E-state index is 11.5. The Hall–Kier alpha value is -0.940. The van der Waals surface area contributed by atoms with Crippen molar-refractivity contribution >= 4 is 16.5 Å². The third-order valence-electron chi connectivity index (χ3n) is 1.53. The van der Waals surface area contributed by atoms with Crippen molar-refractivity contribution in [3.63, 3.8) is 0 Å². The minimum Gasteiger partial charge on any atom is -0.396 e. The van der Waals surface area contributed by atoms with Crippen molar-refractivity contribution in [3.05, 3.63) is 18.5 Å². The summed E-state index contributed by atoms with van der Waals surface area (Å²) in [6.45, 7) is 0.467. The Morgan fingerprint density at radius 3 is 3.08 bits per heavy atom. The number of nitrogens with zero attached hydrogens (tertiary/aromatic N) is 1. The van der Waals surface area contributed by atoms with Gasteiger partial charge in [0.1, 0.15) is 0 Å². The monoisotopic (exact) mass is 200 g/mol. The average molecular weight is 200 g/mol. The highest BCUT2D eigenvalue weighted by Gasteiger charge is 2.06. The molecule has 0 aliphatic carbocycles. The highest BCUT2D eigenvalue weighted by molar-refractivity contribution is 7.85. The van der Waals surface area contributed by atoms with Crippen LogP contribution in [0.1, 0.15) is 0 Å². The molecule has 13 heavy (non-hydrogen) atoms. The third-order valence-corrected chi connectivity index (χ3v) is 2.93. The van der Waals surface area contributed by atoms with E-state index in [9.17, 15) is 4.21 Å². The first-order valence-electron chi connectivity index (χ1n) is 3.82. The van der Waals surface area contributed by atoms with Crippen molar-refractivity contribution in [2.75, 3.05) is 25.2 Å². The number of hydrogen-bond acceptors (Lipinski definition) is 4. The van der Waals surface area contributed by atoms with Gasteiger partial charge in [0.25, 0.3) is 0 Å². The van der Waals surface area contributed by atoms with Crippen LogP contribution in [0.25, 0.3) is 0 Å². The molecule has 2 N–H and O–H groups in total. The largest absolute Gasteiger partial charge is 0.396 e. The Balaban J connectivity index is 2.71. The Bertz CT molecular complexity index is 304. The summed E-state index contributed by atoms with van der Waals surface area (Å²) in [4.78, 5) is 4.45. The van der Waals surface area contributed by atoms with Gasteiger partial charge in [0, 0.05) is 13.3 Å². The van der Waals surface area contributed by atoms with Crippen LogP contribution in [-0.4, -0.2) is 28.7 Å². The summed E-state index contributed by atoms with van der Waals surface area (Å²) < 4.78 is 16.4. The predicted octanol–water partition coefficient (Wildman–Crippen LogP) is 0.418. The lowest BCUT2D eigenvalue weighted by Gasteiger charge is -2.03. The molecule has 0 saturated heterocycles. The predicted molar refractivity (Wildman–Crippen MR) is 51.8 cm³/mol.